The van der Waals surface area contributed by atoms with Gasteiger partial charge >= 0.3 is 0 Å². The SMILES string of the molecule is [S]CCCCCc1ccc2cccccc1-2. The maximum Gasteiger partial charge on any atom is 0.00369 e. The second-order valence-electron chi connectivity index (χ2n) is 4.15. The molecule has 0 aromatic rings. The number of hydrogen-bond donors (Lipinski definition) is 0. The van der Waals surface area contributed by atoms with Gasteiger partial charge in [-0.1, -0.05) is 61.5 Å². The number of rotatable bonds is 5. The van der Waals surface area contributed by atoms with Crippen molar-refractivity contribution < 1.29 is 0 Å². The van der Waals surface area contributed by atoms with Gasteiger partial charge in [0.05, 0.1) is 0 Å². The first-order valence-corrected chi connectivity index (χ1v) is 6.54. The minimum absolute atomic E-state index is 0.900. The van der Waals surface area contributed by atoms with Gasteiger partial charge in [0.1, 0.15) is 0 Å². The smallest absolute Gasteiger partial charge is 0.00369 e. The van der Waals surface area contributed by atoms with Crippen LogP contribution in [0.3, 0.4) is 0 Å². The lowest BCUT2D eigenvalue weighted by Crippen LogP contribution is -1.85. The van der Waals surface area contributed by atoms with E-state index in [9.17, 15) is 0 Å². The van der Waals surface area contributed by atoms with Crippen molar-refractivity contribution in [3.8, 4) is 11.1 Å². The van der Waals surface area contributed by atoms with E-state index in [1.54, 1.807) is 0 Å². The van der Waals surface area contributed by atoms with Gasteiger partial charge in [-0.15, -0.1) is 0 Å². The first-order valence-electron chi connectivity index (χ1n) is 5.96. The van der Waals surface area contributed by atoms with Crippen molar-refractivity contribution >= 4 is 12.6 Å². The first-order chi connectivity index (χ1) is 7.92. The molecule has 1 radical (unpaired) electrons. The maximum atomic E-state index is 4.96. The topological polar surface area (TPSA) is 0 Å². The molecule has 0 fully saturated rings. The molecule has 0 aliphatic heterocycles. The van der Waals surface area contributed by atoms with Crippen molar-refractivity contribution in [3.63, 3.8) is 0 Å². The summed E-state index contributed by atoms with van der Waals surface area (Å²) in [4.78, 5) is 0. The monoisotopic (exact) mass is 229 g/mol. The number of hydrogen-bond acceptors (Lipinski definition) is 0. The summed E-state index contributed by atoms with van der Waals surface area (Å²) in [6.07, 6.45) is 4.88. The Morgan fingerprint density at radius 2 is 1.69 bits per heavy atom. The summed E-state index contributed by atoms with van der Waals surface area (Å²) in [6.45, 7) is 0. The minimum atomic E-state index is 0.900. The summed E-state index contributed by atoms with van der Waals surface area (Å²) in [5.74, 6) is 0.900. The lowest BCUT2D eigenvalue weighted by molar-refractivity contribution is 0.725. The standard InChI is InChI=1S/C15H17S/c16-12-6-2-4-8-14-11-10-13-7-3-1-5-9-15(13)14/h1,3,5,7,9-11H,2,4,6,8,12H2. The Morgan fingerprint density at radius 1 is 0.812 bits per heavy atom. The molecule has 16 heavy (non-hydrogen) atoms. The van der Waals surface area contributed by atoms with Crippen molar-refractivity contribution in [1.82, 2.24) is 0 Å². The lowest BCUT2D eigenvalue weighted by Gasteiger charge is -2.01. The maximum absolute atomic E-state index is 4.96. The molecule has 0 saturated heterocycles. The second kappa shape index (κ2) is 5.95. The van der Waals surface area contributed by atoms with Crippen LogP contribution in [0.25, 0.3) is 11.1 Å². The fraction of sp³-hybridized carbons (Fsp3) is 0.333. The van der Waals surface area contributed by atoms with Gasteiger partial charge in [-0.3, -0.25) is 0 Å². The molecule has 0 amide bonds. The normalized spacial score (nSPS) is 10.8. The number of aryl methyl sites for hydroxylation is 1. The third-order valence-electron chi connectivity index (χ3n) is 2.97. The molecular formula is C15H17S. The van der Waals surface area contributed by atoms with E-state index < -0.39 is 0 Å². The highest BCUT2D eigenvalue weighted by atomic mass is 32.1. The van der Waals surface area contributed by atoms with Gasteiger partial charge in [0.25, 0.3) is 0 Å². The summed E-state index contributed by atoms with van der Waals surface area (Å²) in [6, 6.07) is 15.2. The molecule has 2 aliphatic rings. The fourth-order valence-corrected chi connectivity index (χ4v) is 2.30. The average molecular weight is 229 g/mol. The third-order valence-corrected chi connectivity index (χ3v) is 3.26. The second-order valence-corrected chi connectivity index (χ2v) is 4.56. The van der Waals surface area contributed by atoms with E-state index >= 15 is 0 Å². The molecular weight excluding hydrogens is 212 g/mol. The summed E-state index contributed by atoms with van der Waals surface area (Å²) in [5, 5.41) is 0. The fourth-order valence-electron chi connectivity index (χ4n) is 2.09. The van der Waals surface area contributed by atoms with Crippen molar-refractivity contribution in [2.75, 3.05) is 5.75 Å². The Morgan fingerprint density at radius 3 is 2.56 bits per heavy atom. The van der Waals surface area contributed by atoms with Crippen LogP contribution in [0.1, 0.15) is 24.8 Å². The Labute approximate surface area is 103 Å². The highest BCUT2D eigenvalue weighted by molar-refractivity contribution is 7.80. The number of unbranched alkanes of at least 4 members (excludes halogenated alkanes) is 2. The summed E-state index contributed by atoms with van der Waals surface area (Å²) >= 11 is 4.96. The molecule has 0 bridgehead atoms. The molecule has 0 aromatic heterocycles. The minimum Gasteiger partial charge on any atom is -0.0942 e. The van der Waals surface area contributed by atoms with Crippen molar-refractivity contribution in [1.29, 1.82) is 0 Å². The van der Waals surface area contributed by atoms with Crippen LogP contribution < -0.4 is 0 Å². The summed E-state index contributed by atoms with van der Waals surface area (Å²) in [7, 11) is 0. The zero-order valence-electron chi connectivity index (χ0n) is 9.49. The predicted octanol–water partition coefficient (Wildman–Crippen LogP) is 4.70. The largest absolute Gasteiger partial charge is 0.0942 e. The molecule has 1 heteroatoms. The highest BCUT2D eigenvalue weighted by Gasteiger charge is 2.06. The van der Waals surface area contributed by atoms with Crippen LogP contribution in [0.15, 0.2) is 42.5 Å². The highest BCUT2D eigenvalue weighted by Crippen LogP contribution is 2.27. The molecule has 2 rings (SSSR count). The van der Waals surface area contributed by atoms with Crippen LogP contribution in [0.5, 0.6) is 0 Å². The average Bonchev–Trinajstić information content (AvgIpc) is 2.54. The van der Waals surface area contributed by atoms with Gasteiger partial charge in [0.2, 0.25) is 0 Å². The molecule has 0 spiro atoms. The van der Waals surface area contributed by atoms with Crippen LogP contribution in [0.4, 0.5) is 0 Å². The predicted molar refractivity (Wildman–Crippen MR) is 73.1 cm³/mol. The molecule has 83 valence electrons. The molecule has 0 aromatic carbocycles. The van der Waals surface area contributed by atoms with Gasteiger partial charge in [-0.25, -0.2) is 0 Å². The van der Waals surface area contributed by atoms with E-state index in [-0.39, 0.29) is 0 Å². The van der Waals surface area contributed by atoms with Gasteiger partial charge in [-0.05, 0) is 36.0 Å². The molecule has 0 unspecified atom stereocenters. The van der Waals surface area contributed by atoms with Gasteiger partial charge < -0.3 is 0 Å². The quantitative estimate of drug-likeness (QED) is 0.652. The summed E-state index contributed by atoms with van der Waals surface area (Å²) in [5.41, 5.74) is 4.24. The van der Waals surface area contributed by atoms with Crippen LogP contribution in [0.2, 0.25) is 0 Å². The van der Waals surface area contributed by atoms with Crippen LogP contribution in [-0.2, 0) is 6.42 Å². The van der Waals surface area contributed by atoms with Crippen LogP contribution in [-0.4, -0.2) is 5.75 Å². The van der Waals surface area contributed by atoms with E-state index in [1.807, 2.05) is 0 Å². The zero-order valence-corrected chi connectivity index (χ0v) is 10.3. The molecule has 2 aliphatic carbocycles. The molecule has 0 nitrogen and oxygen atoms in total. The zero-order chi connectivity index (χ0) is 11.2. The van der Waals surface area contributed by atoms with Crippen LogP contribution >= 0.6 is 12.6 Å². The first kappa shape index (κ1) is 11.5. The lowest BCUT2D eigenvalue weighted by atomic mass is 10.0. The van der Waals surface area contributed by atoms with E-state index in [1.165, 1.54) is 42.4 Å². The Kier molecular flexibility index (Phi) is 4.29. The van der Waals surface area contributed by atoms with Gasteiger partial charge in [0, 0.05) is 5.75 Å². The molecule has 0 atom stereocenters. The molecule has 0 N–H and O–H groups in total. The van der Waals surface area contributed by atoms with E-state index in [4.69, 9.17) is 12.6 Å². The summed E-state index contributed by atoms with van der Waals surface area (Å²) < 4.78 is 0. The molecule has 0 heterocycles. The Hall–Kier alpha value is -0.950. The van der Waals surface area contributed by atoms with Crippen LogP contribution in [0, 0.1) is 0 Å². The van der Waals surface area contributed by atoms with Crippen molar-refractivity contribution in [3.05, 3.63) is 48.0 Å². The van der Waals surface area contributed by atoms with Gasteiger partial charge in [-0.2, -0.15) is 0 Å². The van der Waals surface area contributed by atoms with Crippen molar-refractivity contribution in [2.24, 2.45) is 0 Å². The molecule has 0 saturated carbocycles. The van der Waals surface area contributed by atoms with Gasteiger partial charge in [0.15, 0.2) is 0 Å². The van der Waals surface area contributed by atoms with E-state index in [0.29, 0.717) is 0 Å². The Bertz CT molecular complexity index is 408. The Balaban J connectivity index is 2.04. The van der Waals surface area contributed by atoms with E-state index in [0.717, 1.165) is 5.75 Å². The van der Waals surface area contributed by atoms with Crippen molar-refractivity contribution in [2.45, 2.75) is 25.7 Å². The van der Waals surface area contributed by atoms with E-state index in [2.05, 4.69) is 42.5 Å². The number of fused-ring (bicyclic) bond motifs is 1. The third kappa shape index (κ3) is 2.79.